The zero-order chi connectivity index (χ0) is 14.5. The van der Waals surface area contributed by atoms with Gasteiger partial charge in [0.1, 0.15) is 0 Å². The largest absolute Gasteiger partial charge is 0.345 e. The normalized spacial score (nSPS) is 13.3. The first kappa shape index (κ1) is 11.8. The summed E-state index contributed by atoms with van der Waals surface area (Å²) in [4.78, 5) is 7.77. The Labute approximate surface area is 128 Å². The summed E-state index contributed by atoms with van der Waals surface area (Å²) in [6.07, 6.45) is 1.78. The third-order valence-electron chi connectivity index (χ3n) is 4.63. The van der Waals surface area contributed by atoms with Crippen molar-refractivity contribution in [3.8, 4) is 11.1 Å². The second-order valence-corrected chi connectivity index (χ2v) is 5.75. The fourth-order valence-electron chi connectivity index (χ4n) is 3.71. The van der Waals surface area contributed by atoms with Crippen molar-refractivity contribution in [1.82, 2.24) is 9.97 Å². The van der Waals surface area contributed by atoms with Gasteiger partial charge in [0.2, 0.25) is 0 Å². The van der Waals surface area contributed by atoms with Gasteiger partial charge in [-0.2, -0.15) is 0 Å². The number of nitrogens with zero attached hydrogens (tertiary/aromatic N) is 1. The molecule has 0 saturated heterocycles. The van der Waals surface area contributed by atoms with Crippen molar-refractivity contribution in [3.63, 3.8) is 0 Å². The van der Waals surface area contributed by atoms with Gasteiger partial charge in [0.05, 0.1) is 17.4 Å². The third-order valence-corrected chi connectivity index (χ3v) is 4.63. The number of rotatable bonds is 1. The molecule has 1 heterocycles. The molecule has 0 spiro atoms. The summed E-state index contributed by atoms with van der Waals surface area (Å²) in [5, 5.41) is 0. The number of aromatic nitrogens is 2. The Morgan fingerprint density at radius 1 is 0.682 bits per heavy atom. The maximum absolute atomic E-state index is 4.55. The lowest BCUT2D eigenvalue weighted by atomic mass is 9.88. The lowest BCUT2D eigenvalue weighted by Crippen LogP contribution is -2.00. The fourth-order valence-corrected chi connectivity index (χ4v) is 3.71. The average Bonchev–Trinajstić information content (AvgIpc) is 3.17. The van der Waals surface area contributed by atoms with Crippen LogP contribution >= 0.6 is 0 Å². The molecule has 0 amide bonds. The minimum Gasteiger partial charge on any atom is -0.345 e. The molecule has 1 N–H and O–H groups in total. The van der Waals surface area contributed by atoms with Crippen LogP contribution in [0.1, 0.15) is 22.6 Å². The van der Waals surface area contributed by atoms with Gasteiger partial charge in [-0.25, -0.2) is 4.98 Å². The van der Waals surface area contributed by atoms with E-state index < -0.39 is 0 Å². The third kappa shape index (κ3) is 1.47. The molecule has 0 saturated carbocycles. The van der Waals surface area contributed by atoms with Crippen molar-refractivity contribution in [2.75, 3.05) is 0 Å². The molecule has 4 aromatic rings. The highest BCUT2D eigenvalue weighted by Crippen LogP contribution is 2.48. The number of aromatic amines is 1. The predicted octanol–water partition coefficient (Wildman–Crippen LogP) is 4.72. The van der Waals surface area contributed by atoms with Crippen molar-refractivity contribution in [3.05, 3.63) is 89.7 Å². The van der Waals surface area contributed by atoms with Crippen molar-refractivity contribution in [1.29, 1.82) is 0 Å². The molecule has 0 atom stereocenters. The van der Waals surface area contributed by atoms with E-state index in [-0.39, 0.29) is 5.92 Å². The summed E-state index contributed by atoms with van der Waals surface area (Å²) < 4.78 is 0. The maximum Gasteiger partial charge on any atom is 0.0932 e. The van der Waals surface area contributed by atoms with Gasteiger partial charge in [0, 0.05) is 5.92 Å². The molecule has 0 bridgehead atoms. The van der Waals surface area contributed by atoms with Crippen LogP contribution in [-0.4, -0.2) is 9.97 Å². The van der Waals surface area contributed by atoms with Crippen LogP contribution < -0.4 is 0 Å². The van der Waals surface area contributed by atoms with E-state index in [1.807, 2.05) is 0 Å². The SMILES string of the molecule is c1ccc2c(c1)-c1ccccc1C2c1cccc2[nH]cnc12. The Kier molecular flexibility index (Phi) is 2.30. The molecule has 0 unspecified atom stereocenters. The van der Waals surface area contributed by atoms with Crippen LogP contribution in [-0.2, 0) is 0 Å². The molecule has 3 aromatic carbocycles. The van der Waals surface area contributed by atoms with Gasteiger partial charge < -0.3 is 4.98 Å². The minimum atomic E-state index is 0.263. The second-order valence-electron chi connectivity index (χ2n) is 5.75. The average molecular weight is 282 g/mol. The first-order valence-electron chi connectivity index (χ1n) is 7.54. The molecule has 2 heteroatoms. The quantitative estimate of drug-likeness (QED) is 0.473. The van der Waals surface area contributed by atoms with E-state index in [1.165, 1.54) is 27.8 Å². The molecule has 22 heavy (non-hydrogen) atoms. The lowest BCUT2D eigenvalue weighted by Gasteiger charge is -2.14. The smallest absolute Gasteiger partial charge is 0.0932 e. The van der Waals surface area contributed by atoms with Crippen molar-refractivity contribution in [2.24, 2.45) is 0 Å². The van der Waals surface area contributed by atoms with Gasteiger partial charge in [0.25, 0.3) is 0 Å². The van der Waals surface area contributed by atoms with E-state index in [4.69, 9.17) is 0 Å². The van der Waals surface area contributed by atoms with Gasteiger partial charge in [0.15, 0.2) is 0 Å². The number of nitrogens with one attached hydrogen (secondary N) is 1. The van der Waals surface area contributed by atoms with E-state index in [1.54, 1.807) is 6.33 Å². The van der Waals surface area contributed by atoms with Crippen LogP contribution in [0.15, 0.2) is 73.1 Å². The molecule has 0 radical (unpaired) electrons. The summed E-state index contributed by atoms with van der Waals surface area (Å²) >= 11 is 0. The van der Waals surface area contributed by atoms with E-state index >= 15 is 0 Å². The molecule has 1 aliphatic carbocycles. The Morgan fingerprint density at radius 3 is 2.05 bits per heavy atom. The summed E-state index contributed by atoms with van der Waals surface area (Å²) in [7, 11) is 0. The first-order chi connectivity index (χ1) is 10.9. The molecule has 2 nitrogen and oxygen atoms in total. The fraction of sp³-hybridized carbons (Fsp3) is 0.0500. The molecule has 0 fully saturated rings. The number of hydrogen-bond donors (Lipinski definition) is 1. The van der Waals surface area contributed by atoms with Crippen LogP contribution in [0, 0.1) is 0 Å². The maximum atomic E-state index is 4.55. The predicted molar refractivity (Wildman–Crippen MR) is 88.9 cm³/mol. The van der Waals surface area contributed by atoms with Crippen LogP contribution in [0.5, 0.6) is 0 Å². The van der Waals surface area contributed by atoms with E-state index in [2.05, 4.69) is 76.7 Å². The Bertz CT molecular complexity index is 952. The molecular formula is C20H14N2. The summed E-state index contributed by atoms with van der Waals surface area (Å²) in [5.41, 5.74) is 8.87. The van der Waals surface area contributed by atoms with Crippen molar-refractivity contribution in [2.45, 2.75) is 5.92 Å². The summed E-state index contributed by atoms with van der Waals surface area (Å²) in [5.74, 6) is 0.263. The summed E-state index contributed by atoms with van der Waals surface area (Å²) in [6, 6.07) is 23.8. The molecular weight excluding hydrogens is 268 g/mol. The zero-order valence-corrected chi connectivity index (χ0v) is 12.0. The molecule has 104 valence electrons. The number of fused-ring (bicyclic) bond motifs is 4. The topological polar surface area (TPSA) is 28.7 Å². The van der Waals surface area contributed by atoms with Gasteiger partial charge >= 0.3 is 0 Å². The highest BCUT2D eigenvalue weighted by molar-refractivity contribution is 5.86. The Morgan fingerprint density at radius 2 is 1.32 bits per heavy atom. The Balaban J connectivity index is 1.87. The van der Waals surface area contributed by atoms with E-state index in [0.717, 1.165) is 11.0 Å². The van der Waals surface area contributed by atoms with Crippen molar-refractivity contribution >= 4 is 11.0 Å². The van der Waals surface area contributed by atoms with Crippen LogP contribution in [0.4, 0.5) is 0 Å². The number of imidazole rings is 1. The number of para-hydroxylation sites is 1. The zero-order valence-electron chi connectivity index (χ0n) is 12.0. The monoisotopic (exact) mass is 282 g/mol. The van der Waals surface area contributed by atoms with Crippen LogP contribution in [0.25, 0.3) is 22.2 Å². The van der Waals surface area contributed by atoms with Gasteiger partial charge in [-0.1, -0.05) is 60.7 Å². The second kappa shape index (κ2) is 4.31. The highest BCUT2D eigenvalue weighted by atomic mass is 14.9. The van der Waals surface area contributed by atoms with Gasteiger partial charge in [-0.05, 0) is 33.9 Å². The minimum absolute atomic E-state index is 0.263. The Hall–Kier alpha value is -2.87. The van der Waals surface area contributed by atoms with Crippen LogP contribution in [0.2, 0.25) is 0 Å². The van der Waals surface area contributed by atoms with Gasteiger partial charge in [-0.15, -0.1) is 0 Å². The number of hydrogen-bond acceptors (Lipinski definition) is 1. The molecule has 1 aromatic heterocycles. The number of benzene rings is 3. The van der Waals surface area contributed by atoms with E-state index in [0.29, 0.717) is 0 Å². The molecule has 0 aliphatic heterocycles. The first-order valence-corrected chi connectivity index (χ1v) is 7.54. The van der Waals surface area contributed by atoms with Crippen LogP contribution in [0.3, 0.4) is 0 Å². The number of H-pyrrole nitrogens is 1. The van der Waals surface area contributed by atoms with Gasteiger partial charge in [-0.3, -0.25) is 0 Å². The van der Waals surface area contributed by atoms with Crippen molar-refractivity contribution < 1.29 is 0 Å². The highest BCUT2D eigenvalue weighted by Gasteiger charge is 2.30. The standard InChI is InChI=1S/C20H14N2/c1-3-8-15-13(6-1)14-7-2-4-9-16(14)19(15)17-10-5-11-18-20(17)22-12-21-18/h1-12,19H,(H,21,22). The summed E-state index contributed by atoms with van der Waals surface area (Å²) in [6.45, 7) is 0. The lowest BCUT2D eigenvalue weighted by molar-refractivity contribution is 1.02. The molecule has 5 rings (SSSR count). The molecule has 1 aliphatic rings. The van der Waals surface area contributed by atoms with E-state index in [9.17, 15) is 0 Å².